The number of carbonyl (C=O) groups excluding carboxylic acids is 1. The maximum Gasteiger partial charge on any atom is 0.233 e. The number of hydrogen-bond acceptors (Lipinski definition) is 3. The first-order chi connectivity index (χ1) is 7.87. The van der Waals surface area contributed by atoms with Gasteiger partial charge in [-0.05, 0) is 33.6 Å². The Morgan fingerprint density at radius 2 is 1.88 bits per heavy atom. The SMILES string of the molecule is CC(C)(C)NCC(=O)NCC1(CO)CCCC1. The molecule has 1 aliphatic carbocycles. The van der Waals surface area contributed by atoms with Crippen LogP contribution in [0.3, 0.4) is 0 Å². The fourth-order valence-corrected chi connectivity index (χ4v) is 2.21. The third-order valence-electron chi connectivity index (χ3n) is 3.44. The summed E-state index contributed by atoms with van der Waals surface area (Å²) in [6, 6.07) is 0. The van der Waals surface area contributed by atoms with Crippen molar-refractivity contribution >= 4 is 5.91 Å². The van der Waals surface area contributed by atoms with Crippen LogP contribution in [0.5, 0.6) is 0 Å². The average Bonchev–Trinajstić information content (AvgIpc) is 2.72. The van der Waals surface area contributed by atoms with Gasteiger partial charge in [-0.25, -0.2) is 0 Å². The van der Waals surface area contributed by atoms with Gasteiger partial charge in [0.05, 0.1) is 13.2 Å². The summed E-state index contributed by atoms with van der Waals surface area (Å²) in [5.41, 5.74) is -0.100. The highest BCUT2D eigenvalue weighted by atomic mass is 16.3. The molecule has 0 spiro atoms. The minimum atomic E-state index is -0.0581. The van der Waals surface area contributed by atoms with Crippen molar-refractivity contribution in [3.63, 3.8) is 0 Å². The predicted molar refractivity (Wildman–Crippen MR) is 68.8 cm³/mol. The summed E-state index contributed by atoms with van der Waals surface area (Å²) in [4.78, 5) is 11.6. The fraction of sp³-hybridized carbons (Fsp3) is 0.923. The van der Waals surface area contributed by atoms with Crippen LogP contribution in [0.4, 0.5) is 0 Å². The molecule has 0 aromatic heterocycles. The first-order valence-electron chi connectivity index (χ1n) is 6.50. The molecule has 0 heterocycles. The molecule has 0 saturated heterocycles. The number of nitrogens with one attached hydrogen (secondary N) is 2. The molecule has 100 valence electrons. The zero-order valence-corrected chi connectivity index (χ0v) is 11.3. The molecule has 0 bridgehead atoms. The van der Waals surface area contributed by atoms with Gasteiger partial charge in [0.2, 0.25) is 5.91 Å². The zero-order valence-electron chi connectivity index (χ0n) is 11.3. The standard InChI is InChI=1S/C13H26N2O2/c1-12(2,3)15-8-11(17)14-9-13(10-16)6-4-5-7-13/h15-16H,4-10H2,1-3H3,(H,14,17). The molecule has 4 heteroatoms. The van der Waals surface area contributed by atoms with Crippen molar-refractivity contribution < 1.29 is 9.90 Å². The fourth-order valence-electron chi connectivity index (χ4n) is 2.21. The monoisotopic (exact) mass is 242 g/mol. The van der Waals surface area contributed by atoms with E-state index in [-0.39, 0.29) is 23.5 Å². The van der Waals surface area contributed by atoms with Crippen LogP contribution in [0.1, 0.15) is 46.5 Å². The summed E-state index contributed by atoms with van der Waals surface area (Å²) in [6.45, 7) is 7.23. The van der Waals surface area contributed by atoms with E-state index in [9.17, 15) is 9.90 Å². The van der Waals surface area contributed by atoms with Crippen LogP contribution < -0.4 is 10.6 Å². The lowest BCUT2D eigenvalue weighted by Crippen LogP contribution is -2.46. The molecule has 0 radical (unpaired) electrons. The Morgan fingerprint density at radius 1 is 1.29 bits per heavy atom. The van der Waals surface area contributed by atoms with Crippen molar-refractivity contribution in [2.24, 2.45) is 5.41 Å². The highest BCUT2D eigenvalue weighted by Crippen LogP contribution is 2.36. The highest BCUT2D eigenvalue weighted by Gasteiger charge is 2.33. The van der Waals surface area contributed by atoms with Gasteiger partial charge >= 0.3 is 0 Å². The molecule has 0 aromatic carbocycles. The van der Waals surface area contributed by atoms with E-state index in [4.69, 9.17) is 0 Å². The number of aliphatic hydroxyl groups excluding tert-OH is 1. The van der Waals surface area contributed by atoms with E-state index in [0.717, 1.165) is 25.7 Å². The molecule has 3 N–H and O–H groups in total. The third kappa shape index (κ3) is 5.04. The number of amides is 1. The van der Waals surface area contributed by atoms with E-state index in [2.05, 4.69) is 10.6 Å². The van der Waals surface area contributed by atoms with Crippen molar-refractivity contribution in [3.8, 4) is 0 Å². The molecular weight excluding hydrogens is 216 g/mol. The second-order valence-electron chi connectivity index (χ2n) is 6.25. The maximum atomic E-state index is 11.6. The van der Waals surface area contributed by atoms with Gasteiger partial charge in [-0.1, -0.05) is 12.8 Å². The zero-order chi connectivity index (χ0) is 12.9. The van der Waals surface area contributed by atoms with Crippen LogP contribution in [0.2, 0.25) is 0 Å². The van der Waals surface area contributed by atoms with Crippen LogP contribution in [0.15, 0.2) is 0 Å². The van der Waals surface area contributed by atoms with Gasteiger partial charge in [0.25, 0.3) is 0 Å². The van der Waals surface area contributed by atoms with Crippen LogP contribution >= 0.6 is 0 Å². The number of hydrogen-bond donors (Lipinski definition) is 3. The largest absolute Gasteiger partial charge is 0.396 e. The molecule has 4 nitrogen and oxygen atoms in total. The van der Waals surface area contributed by atoms with Gasteiger partial charge in [-0.15, -0.1) is 0 Å². The summed E-state index contributed by atoms with van der Waals surface area (Å²) in [6.07, 6.45) is 4.38. The quantitative estimate of drug-likeness (QED) is 0.675. The second-order valence-corrected chi connectivity index (χ2v) is 6.25. The molecule has 0 unspecified atom stereocenters. The van der Waals surface area contributed by atoms with E-state index in [0.29, 0.717) is 13.1 Å². The molecule has 1 fully saturated rings. The van der Waals surface area contributed by atoms with Crippen molar-refractivity contribution in [1.82, 2.24) is 10.6 Å². The van der Waals surface area contributed by atoms with E-state index in [1.54, 1.807) is 0 Å². The summed E-state index contributed by atoms with van der Waals surface area (Å²) in [5.74, 6) is 0.0136. The second kappa shape index (κ2) is 5.83. The molecule has 0 atom stereocenters. The Bertz CT molecular complexity index is 253. The first kappa shape index (κ1) is 14.5. The van der Waals surface area contributed by atoms with E-state index in [1.165, 1.54) is 0 Å². The van der Waals surface area contributed by atoms with Crippen molar-refractivity contribution in [1.29, 1.82) is 0 Å². The summed E-state index contributed by atoms with van der Waals surface area (Å²) < 4.78 is 0. The number of rotatable bonds is 5. The smallest absolute Gasteiger partial charge is 0.233 e. The molecule has 1 saturated carbocycles. The minimum absolute atomic E-state index is 0.0136. The van der Waals surface area contributed by atoms with Gasteiger partial charge in [-0.3, -0.25) is 4.79 Å². The Kier molecular flexibility index (Phi) is 4.95. The molecule has 17 heavy (non-hydrogen) atoms. The third-order valence-corrected chi connectivity index (χ3v) is 3.44. The molecule has 0 aromatic rings. The van der Waals surface area contributed by atoms with Gasteiger partial charge < -0.3 is 15.7 Å². The van der Waals surface area contributed by atoms with Gasteiger partial charge in [0, 0.05) is 17.5 Å². The Labute approximate surface area is 104 Å². The lowest BCUT2D eigenvalue weighted by atomic mass is 9.87. The molecule has 1 amide bonds. The lowest BCUT2D eigenvalue weighted by Gasteiger charge is -2.27. The highest BCUT2D eigenvalue weighted by molar-refractivity contribution is 5.78. The molecule has 1 rings (SSSR count). The summed E-state index contributed by atoms with van der Waals surface area (Å²) >= 11 is 0. The molecular formula is C13H26N2O2. The van der Waals surface area contributed by atoms with E-state index in [1.807, 2.05) is 20.8 Å². The first-order valence-corrected chi connectivity index (χ1v) is 6.50. The molecule has 0 aliphatic heterocycles. The van der Waals surface area contributed by atoms with Crippen molar-refractivity contribution in [2.75, 3.05) is 19.7 Å². The topological polar surface area (TPSA) is 61.4 Å². The minimum Gasteiger partial charge on any atom is -0.396 e. The van der Waals surface area contributed by atoms with Gasteiger partial charge in [0.1, 0.15) is 0 Å². The van der Waals surface area contributed by atoms with E-state index >= 15 is 0 Å². The lowest BCUT2D eigenvalue weighted by molar-refractivity contribution is -0.121. The van der Waals surface area contributed by atoms with Crippen molar-refractivity contribution in [3.05, 3.63) is 0 Å². The Morgan fingerprint density at radius 3 is 2.35 bits per heavy atom. The number of aliphatic hydroxyl groups is 1. The molecule has 1 aliphatic rings. The van der Waals surface area contributed by atoms with E-state index < -0.39 is 0 Å². The van der Waals surface area contributed by atoms with Crippen LogP contribution in [0.25, 0.3) is 0 Å². The predicted octanol–water partition coefficient (Wildman–Crippen LogP) is 1.04. The van der Waals surface area contributed by atoms with Gasteiger partial charge in [-0.2, -0.15) is 0 Å². The Balaban J connectivity index is 2.27. The van der Waals surface area contributed by atoms with Crippen LogP contribution in [-0.2, 0) is 4.79 Å². The Hall–Kier alpha value is -0.610. The summed E-state index contributed by atoms with van der Waals surface area (Å²) in [7, 11) is 0. The normalized spacial score (nSPS) is 19.3. The van der Waals surface area contributed by atoms with Crippen LogP contribution in [-0.4, -0.2) is 36.2 Å². The maximum absolute atomic E-state index is 11.6. The van der Waals surface area contributed by atoms with Gasteiger partial charge in [0.15, 0.2) is 0 Å². The van der Waals surface area contributed by atoms with Crippen LogP contribution in [0, 0.1) is 5.41 Å². The average molecular weight is 242 g/mol. The van der Waals surface area contributed by atoms with Crippen molar-refractivity contribution in [2.45, 2.75) is 52.0 Å². The summed E-state index contributed by atoms with van der Waals surface area (Å²) in [5, 5.41) is 15.5. The number of carbonyl (C=O) groups is 1.